The minimum absolute atomic E-state index is 0.159. The Balaban J connectivity index is 2.28. The lowest BCUT2D eigenvalue weighted by Crippen LogP contribution is -1.98. The topological polar surface area (TPSA) is 49.3 Å². The molecule has 0 amide bonds. The number of halogens is 1. The van der Waals surface area contributed by atoms with Crippen LogP contribution in [0.25, 0.3) is 0 Å². The fourth-order valence-corrected chi connectivity index (χ4v) is 1.45. The highest BCUT2D eigenvalue weighted by atomic mass is 19.1. The van der Waals surface area contributed by atoms with Gasteiger partial charge >= 0.3 is 5.97 Å². The molecule has 0 heterocycles. The first kappa shape index (κ1) is 11.1. The van der Waals surface area contributed by atoms with Crippen LogP contribution in [-0.2, 0) is 0 Å². The van der Waals surface area contributed by atoms with Gasteiger partial charge in [0.15, 0.2) is 0 Å². The van der Waals surface area contributed by atoms with Crippen LogP contribution in [0, 0.1) is 5.82 Å². The molecule has 0 saturated carbocycles. The van der Waals surface area contributed by atoms with E-state index in [-0.39, 0.29) is 11.4 Å². The highest BCUT2D eigenvalue weighted by Gasteiger charge is 2.05. The van der Waals surface area contributed by atoms with E-state index in [0.717, 1.165) is 0 Å². The summed E-state index contributed by atoms with van der Waals surface area (Å²) >= 11 is 0. The Morgan fingerprint density at radius 2 is 1.88 bits per heavy atom. The van der Waals surface area contributed by atoms with Gasteiger partial charge in [-0.3, -0.25) is 0 Å². The van der Waals surface area contributed by atoms with Crippen LogP contribution in [0.2, 0.25) is 0 Å². The van der Waals surface area contributed by atoms with Crippen molar-refractivity contribution in [2.75, 3.05) is 5.32 Å². The van der Waals surface area contributed by atoms with Gasteiger partial charge in [0.05, 0.1) is 11.3 Å². The molecule has 86 valence electrons. The lowest BCUT2D eigenvalue weighted by atomic mass is 10.2. The van der Waals surface area contributed by atoms with E-state index in [9.17, 15) is 9.18 Å². The second-order valence-electron chi connectivity index (χ2n) is 3.49. The van der Waals surface area contributed by atoms with Crippen molar-refractivity contribution in [3.63, 3.8) is 0 Å². The van der Waals surface area contributed by atoms with E-state index in [0.29, 0.717) is 11.4 Å². The highest BCUT2D eigenvalue weighted by molar-refractivity contribution is 5.89. The van der Waals surface area contributed by atoms with Gasteiger partial charge in [0.25, 0.3) is 0 Å². The predicted octanol–water partition coefficient (Wildman–Crippen LogP) is 3.27. The molecule has 0 fully saturated rings. The van der Waals surface area contributed by atoms with E-state index in [1.165, 1.54) is 18.2 Å². The molecule has 0 aromatic heterocycles. The van der Waals surface area contributed by atoms with Crippen molar-refractivity contribution >= 4 is 17.3 Å². The molecular formula is C13H10FNO2. The first-order valence-corrected chi connectivity index (χ1v) is 5.02. The van der Waals surface area contributed by atoms with Crippen molar-refractivity contribution in [2.24, 2.45) is 0 Å². The summed E-state index contributed by atoms with van der Waals surface area (Å²) in [5.74, 6) is -1.39. The van der Waals surface area contributed by atoms with E-state index < -0.39 is 5.97 Å². The Hall–Kier alpha value is -2.36. The molecule has 0 aliphatic heterocycles. The number of anilines is 2. The molecule has 2 N–H and O–H groups in total. The van der Waals surface area contributed by atoms with Gasteiger partial charge in [-0.15, -0.1) is 0 Å². The van der Waals surface area contributed by atoms with Gasteiger partial charge in [-0.05, 0) is 30.3 Å². The fourth-order valence-electron chi connectivity index (χ4n) is 1.45. The van der Waals surface area contributed by atoms with Gasteiger partial charge in [0.2, 0.25) is 0 Å². The van der Waals surface area contributed by atoms with E-state index in [2.05, 4.69) is 5.32 Å². The first-order chi connectivity index (χ1) is 8.16. The van der Waals surface area contributed by atoms with Crippen LogP contribution in [-0.4, -0.2) is 11.1 Å². The van der Waals surface area contributed by atoms with Gasteiger partial charge in [0.1, 0.15) is 5.82 Å². The van der Waals surface area contributed by atoms with Crippen molar-refractivity contribution in [1.29, 1.82) is 0 Å². The summed E-state index contributed by atoms with van der Waals surface area (Å²) < 4.78 is 13.4. The molecule has 17 heavy (non-hydrogen) atoms. The predicted molar refractivity (Wildman–Crippen MR) is 63.1 cm³/mol. The Kier molecular flexibility index (Phi) is 3.05. The summed E-state index contributed by atoms with van der Waals surface area (Å²) in [4.78, 5) is 10.8. The highest BCUT2D eigenvalue weighted by Crippen LogP contribution is 2.20. The number of carboxylic acid groups (broad SMARTS) is 1. The van der Waals surface area contributed by atoms with Crippen LogP contribution in [0.1, 0.15) is 10.4 Å². The minimum Gasteiger partial charge on any atom is -0.478 e. The maximum atomic E-state index is 13.4. The zero-order valence-corrected chi connectivity index (χ0v) is 8.85. The van der Waals surface area contributed by atoms with Crippen LogP contribution in [0.3, 0.4) is 0 Å². The van der Waals surface area contributed by atoms with Crippen molar-refractivity contribution < 1.29 is 14.3 Å². The summed E-state index contributed by atoms with van der Waals surface area (Å²) in [6.07, 6.45) is 0. The number of benzene rings is 2. The molecule has 0 saturated heterocycles. The standard InChI is InChI=1S/C13H10FNO2/c14-11-6-1-2-7-12(11)15-10-5-3-4-9(8-10)13(16)17/h1-8,15H,(H,16,17). The SMILES string of the molecule is O=C(O)c1cccc(Nc2ccccc2F)c1. The van der Waals surface area contributed by atoms with Gasteiger partial charge < -0.3 is 10.4 Å². The van der Waals surface area contributed by atoms with Gasteiger partial charge in [0, 0.05) is 5.69 Å². The van der Waals surface area contributed by atoms with Crippen LogP contribution in [0.15, 0.2) is 48.5 Å². The van der Waals surface area contributed by atoms with E-state index in [4.69, 9.17) is 5.11 Å². The maximum Gasteiger partial charge on any atom is 0.335 e. The normalized spacial score (nSPS) is 9.94. The smallest absolute Gasteiger partial charge is 0.335 e. The zero-order chi connectivity index (χ0) is 12.3. The van der Waals surface area contributed by atoms with Crippen LogP contribution in [0.5, 0.6) is 0 Å². The lowest BCUT2D eigenvalue weighted by molar-refractivity contribution is 0.0697. The molecule has 2 aromatic rings. The number of para-hydroxylation sites is 1. The monoisotopic (exact) mass is 231 g/mol. The molecular weight excluding hydrogens is 221 g/mol. The number of rotatable bonds is 3. The van der Waals surface area contributed by atoms with Crippen LogP contribution in [0.4, 0.5) is 15.8 Å². The average Bonchev–Trinajstić information content (AvgIpc) is 2.32. The largest absolute Gasteiger partial charge is 0.478 e. The molecule has 3 nitrogen and oxygen atoms in total. The van der Waals surface area contributed by atoms with Crippen molar-refractivity contribution in [2.45, 2.75) is 0 Å². The van der Waals surface area contributed by atoms with Crippen LogP contribution >= 0.6 is 0 Å². The van der Waals surface area contributed by atoms with Crippen molar-refractivity contribution in [3.8, 4) is 0 Å². The third-order valence-electron chi connectivity index (χ3n) is 2.26. The summed E-state index contributed by atoms with van der Waals surface area (Å²) in [7, 11) is 0. The Morgan fingerprint density at radius 3 is 2.59 bits per heavy atom. The van der Waals surface area contributed by atoms with Crippen molar-refractivity contribution in [1.82, 2.24) is 0 Å². The second kappa shape index (κ2) is 4.65. The second-order valence-corrected chi connectivity index (χ2v) is 3.49. The molecule has 0 atom stereocenters. The zero-order valence-electron chi connectivity index (χ0n) is 8.85. The molecule has 0 spiro atoms. The molecule has 0 aliphatic rings. The van der Waals surface area contributed by atoms with Gasteiger partial charge in [-0.25, -0.2) is 9.18 Å². The number of hydrogen-bond donors (Lipinski definition) is 2. The number of hydrogen-bond acceptors (Lipinski definition) is 2. The molecule has 0 radical (unpaired) electrons. The summed E-state index contributed by atoms with van der Waals surface area (Å²) in [5, 5.41) is 11.7. The number of carboxylic acids is 1. The molecule has 2 rings (SSSR count). The molecule has 0 bridgehead atoms. The molecule has 0 unspecified atom stereocenters. The number of aromatic carboxylic acids is 1. The third-order valence-corrected chi connectivity index (χ3v) is 2.26. The van der Waals surface area contributed by atoms with Gasteiger partial charge in [-0.1, -0.05) is 18.2 Å². The van der Waals surface area contributed by atoms with E-state index in [1.807, 2.05) is 0 Å². The maximum absolute atomic E-state index is 13.4. The number of carbonyl (C=O) groups is 1. The quantitative estimate of drug-likeness (QED) is 0.852. The Bertz CT molecular complexity index is 555. The van der Waals surface area contributed by atoms with Crippen LogP contribution < -0.4 is 5.32 Å². The summed E-state index contributed by atoms with van der Waals surface area (Å²) in [6.45, 7) is 0. The molecule has 4 heteroatoms. The molecule has 2 aromatic carbocycles. The Labute approximate surface area is 97.5 Å². The van der Waals surface area contributed by atoms with Crippen molar-refractivity contribution in [3.05, 3.63) is 59.9 Å². The number of nitrogens with one attached hydrogen (secondary N) is 1. The average molecular weight is 231 g/mol. The lowest BCUT2D eigenvalue weighted by Gasteiger charge is -2.07. The molecule has 0 aliphatic carbocycles. The Morgan fingerprint density at radius 1 is 1.12 bits per heavy atom. The van der Waals surface area contributed by atoms with Gasteiger partial charge in [-0.2, -0.15) is 0 Å². The minimum atomic E-state index is -1.01. The fraction of sp³-hybridized carbons (Fsp3) is 0. The van der Waals surface area contributed by atoms with E-state index >= 15 is 0 Å². The first-order valence-electron chi connectivity index (χ1n) is 5.02. The summed E-state index contributed by atoms with van der Waals surface area (Å²) in [5.41, 5.74) is 1.01. The summed E-state index contributed by atoms with van der Waals surface area (Å²) in [6, 6.07) is 12.4. The van der Waals surface area contributed by atoms with E-state index in [1.54, 1.807) is 30.3 Å². The third kappa shape index (κ3) is 2.60.